The van der Waals surface area contributed by atoms with Crippen molar-refractivity contribution in [2.75, 3.05) is 13.2 Å². The number of carbonyl (C=O) groups is 3. The molecule has 27 heavy (non-hydrogen) atoms. The second-order valence-corrected chi connectivity index (χ2v) is 6.75. The van der Waals surface area contributed by atoms with Crippen molar-refractivity contribution in [2.24, 2.45) is 0 Å². The predicted octanol–water partition coefficient (Wildman–Crippen LogP) is 1.60. The number of hydrogen-bond acceptors (Lipinski definition) is 5. The summed E-state index contributed by atoms with van der Waals surface area (Å²) >= 11 is 0. The molecule has 0 saturated carbocycles. The summed E-state index contributed by atoms with van der Waals surface area (Å²) < 4.78 is 5.05. The van der Waals surface area contributed by atoms with Crippen LogP contribution in [0.3, 0.4) is 0 Å². The van der Waals surface area contributed by atoms with Gasteiger partial charge in [0.25, 0.3) is 0 Å². The first kappa shape index (κ1) is 20.9. The van der Waals surface area contributed by atoms with Crippen LogP contribution in [-0.4, -0.2) is 59.1 Å². The lowest BCUT2D eigenvalue weighted by Gasteiger charge is -2.28. The van der Waals surface area contributed by atoms with E-state index in [0.717, 1.165) is 12.0 Å². The number of amides is 1. The Hall–Kier alpha value is -2.41. The minimum atomic E-state index is -0.992. The van der Waals surface area contributed by atoms with E-state index < -0.39 is 30.1 Å². The van der Waals surface area contributed by atoms with Crippen LogP contribution < -0.4 is 5.32 Å². The molecule has 0 spiro atoms. The zero-order chi connectivity index (χ0) is 19.8. The zero-order valence-electron chi connectivity index (χ0n) is 15.9. The second-order valence-electron chi connectivity index (χ2n) is 6.75. The van der Waals surface area contributed by atoms with Crippen molar-refractivity contribution in [3.8, 4) is 0 Å². The van der Waals surface area contributed by atoms with Gasteiger partial charge >= 0.3 is 11.9 Å². The third-order valence-electron chi connectivity index (χ3n) is 4.78. The molecule has 1 saturated heterocycles. The molecule has 2 rings (SSSR count). The second kappa shape index (κ2) is 10.1. The molecule has 148 valence electrons. The molecule has 0 aromatic heterocycles. The van der Waals surface area contributed by atoms with Gasteiger partial charge in [0.05, 0.1) is 12.6 Å². The average Bonchev–Trinajstić information content (AvgIpc) is 3.15. The van der Waals surface area contributed by atoms with Crippen LogP contribution in [0.15, 0.2) is 30.3 Å². The lowest BCUT2D eigenvalue weighted by atomic mass is 10.0. The molecule has 3 atom stereocenters. The maximum atomic E-state index is 12.8. The maximum Gasteiger partial charge on any atom is 0.328 e. The van der Waals surface area contributed by atoms with Gasteiger partial charge < -0.3 is 14.7 Å². The number of rotatable bonds is 9. The molecular formula is C20H28N2O5. The first-order valence-corrected chi connectivity index (χ1v) is 9.44. The third-order valence-corrected chi connectivity index (χ3v) is 4.78. The summed E-state index contributed by atoms with van der Waals surface area (Å²) in [5, 5.41) is 12.4. The molecule has 7 heteroatoms. The minimum Gasteiger partial charge on any atom is -0.480 e. The number of aliphatic carboxylic acids is 1. The van der Waals surface area contributed by atoms with Gasteiger partial charge in [0.15, 0.2) is 0 Å². The molecule has 0 radical (unpaired) electrons. The monoisotopic (exact) mass is 376 g/mol. The van der Waals surface area contributed by atoms with E-state index in [1.54, 1.807) is 13.8 Å². The van der Waals surface area contributed by atoms with Crippen molar-refractivity contribution in [3.05, 3.63) is 35.9 Å². The fourth-order valence-electron chi connectivity index (χ4n) is 3.37. The molecule has 0 unspecified atom stereocenters. The molecule has 7 nitrogen and oxygen atoms in total. The van der Waals surface area contributed by atoms with Crippen LogP contribution in [0.1, 0.15) is 38.7 Å². The van der Waals surface area contributed by atoms with E-state index in [4.69, 9.17) is 4.74 Å². The van der Waals surface area contributed by atoms with E-state index in [9.17, 15) is 19.5 Å². The first-order valence-electron chi connectivity index (χ1n) is 9.44. The van der Waals surface area contributed by atoms with E-state index in [2.05, 4.69) is 5.32 Å². The summed E-state index contributed by atoms with van der Waals surface area (Å²) in [5.41, 5.74) is 1.05. The molecule has 1 aliphatic heterocycles. The van der Waals surface area contributed by atoms with E-state index in [1.807, 2.05) is 30.3 Å². The Morgan fingerprint density at radius 1 is 1.30 bits per heavy atom. The Kier molecular flexibility index (Phi) is 7.79. The number of nitrogens with one attached hydrogen (secondary N) is 1. The number of carbonyl (C=O) groups excluding carboxylic acids is 2. The maximum absolute atomic E-state index is 12.8. The number of hydrogen-bond donors (Lipinski definition) is 2. The molecule has 1 aliphatic rings. The van der Waals surface area contributed by atoms with Crippen LogP contribution in [0.5, 0.6) is 0 Å². The normalized spacial score (nSPS) is 18.7. The number of carboxylic acid groups (broad SMARTS) is 1. The Morgan fingerprint density at radius 3 is 2.63 bits per heavy atom. The van der Waals surface area contributed by atoms with Crippen LogP contribution in [0.4, 0.5) is 0 Å². The van der Waals surface area contributed by atoms with Crippen molar-refractivity contribution in [3.63, 3.8) is 0 Å². The first-order chi connectivity index (χ1) is 12.9. The van der Waals surface area contributed by atoms with Crippen LogP contribution in [-0.2, 0) is 25.5 Å². The van der Waals surface area contributed by atoms with Gasteiger partial charge in [-0.05, 0) is 45.1 Å². The predicted molar refractivity (Wildman–Crippen MR) is 100 cm³/mol. The highest BCUT2D eigenvalue weighted by Crippen LogP contribution is 2.20. The van der Waals surface area contributed by atoms with Gasteiger partial charge in [-0.2, -0.15) is 0 Å². The highest BCUT2D eigenvalue weighted by Gasteiger charge is 2.37. The third kappa shape index (κ3) is 5.79. The average molecular weight is 376 g/mol. The van der Waals surface area contributed by atoms with Gasteiger partial charge in [-0.15, -0.1) is 0 Å². The molecule has 2 N–H and O–H groups in total. The van der Waals surface area contributed by atoms with Gasteiger partial charge in [-0.25, -0.2) is 4.79 Å². The van der Waals surface area contributed by atoms with Gasteiger partial charge in [0, 0.05) is 6.54 Å². The van der Waals surface area contributed by atoms with Gasteiger partial charge in [-0.3, -0.25) is 14.9 Å². The number of aryl methyl sites for hydroxylation is 1. The fourth-order valence-corrected chi connectivity index (χ4v) is 3.37. The SMILES string of the molecule is CCOC(=O)[C@@H]1CCCN1C(=O)[C@H](C)N[C@@H](CCc1ccccc1)C(=O)O. The topological polar surface area (TPSA) is 95.9 Å². The Bertz CT molecular complexity index is 649. The zero-order valence-corrected chi connectivity index (χ0v) is 15.9. The number of carboxylic acids is 1. The van der Waals surface area contributed by atoms with Crippen molar-refractivity contribution in [1.82, 2.24) is 10.2 Å². The smallest absolute Gasteiger partial charge is 0.328 e. The van der Waals surface area contributed by atoms with Gasteiger partial charge in [-0.1, -0.05) is 30.3 Å². The summed E-state index contributed by atoms with van der Waals surface area (Å²) in [4.78, 5) is 37.9. The minimum absolute atomic E-state index is 0.267. The largest absolute Gasteiger partial charge is 0.480 e. The Balaban J connectivity index is 1.95. The number of benzene rings is 1. The lowest BCUT2D eigenvalue weighted by molar-refractivity contribution is -0.153. The number of nitrogens with zero attached hydrogens (tertiary/aromatic N) is 1. The van der Waals surface area contributed by atoms with Crippen molar-refractivity contribution in [1.29, 1.82) is 0 Å². The summed E-state index contributed by atoms with van der Waals surface area (Å²) in [6, 6.07) is 7.51. The Labute approximate surface area is 159 Å². The standard InChI is InChI=1S/C20H28N2O5/c1-3-27-20(26)17-10-7-13-22(17)18(23)14(2)21-16(19(24)25)12-11-15-8-5-4-6-9-15/h4-6,8-9,14,16-17,21H,3,7,10-13H2,1-2H3,(H,24,25)/t14-,16-,17-/m0/s1. The molecular weight excluding hydrogens is 348 g/mol. The molecule has 1 fully saturated rings. The summed E-state index contributed by atoms with van der Waals surface area (Å²) in [7, 11) is 0. The number of ether oxygens (including phenoxy) is 1. The highest BCUT2D eigenvalue weighted by atomic mass is 16.5. The van der Waals surface area contributed by atoms with Gasteiger partial charge in [0.1, 0.15) is 12.1 Å². The number of esters is 1. The lowest BCUT2D eigenvalue weighted by Crippen LogP contribution is -2.53. The summed E-state index contributed by atoms with van der Waals surface area (Å²) in [6.45, 7) is 4.12. The molecule has 1 aromatic rings. The van der Waals surface area contributed by atoms with Crippen LogP contribution >= 0.6 is 0 Å². The van der Waals surface area contributed by atoms with Gasteiger partial charge in [0.2, 0.25) is 5.91 Å². The summed E-state index contributed by atoms with van der Waals surface area (Å²) in [6.07, 6.45) is 2.28. The van der Waals surface area contributed by atoms with E-state index in [0.29, 0.717) is 25.8 Å². The van der Waals surface area contributed by atoms with Crippen LogP contribution in [0.2, 0.25) is 0 Å². The fraction of sp³-hybridized carbons (Fsp3) is 0.550. The molecule has 1 aromatic carbocycles. The van der Waals surface area contributed by atoms with E-state index >= 15 is 0 Å². The summed E-state index contributed by atoms with van der Waals surface area (Å²) in [5.74, 6) is -1.65. The van der Waals surface area contributed by atoms with E-state index in [-0.39, 0.29) is 12.5 Å². The van der Waals surface area contributed by atoms with Crippen molar-refractivity contribution >= 4 is 17.8 Å². The van der Waals surface area contributed by atoms with Crippen molar-refractivity contribution < 1.29 is 24.2 Å². The van der Waals surface area contributed by atoms with E-state index in [1.165, 1.54) is 4.90 Å². The van der Waals surface area contributed by atoms with Crippen LogP contribution in [0, 0.1) is 0 Å². The molecule has 1 heterocycles. The molecule has 1 amide bonds. The quantitative estimate of drug-likeness (QED) is 0.636. The number of likely N-dealkylation sites (tertiary alicyclic amines) is 1. The molecule has 0 aliphatic carbocycles. The van der Waals surface area contributed by atoms with Crippen molar-refractivity contribution in [2.45, 2.75) is 57.7 Å². The Morgan fingerprint density at radius 2 is 2.00 bits per heavy atom. The van der Waals surface area contributed by atoms with Crippen LogP contribution in [0.25, 0.3) is 0 Å². The highest BCUT2D eigenvalue weighted by molar-refractivity contribution is 5.88. The molecule has 0 bridgehead atoms.